The minimum atomic E-state index is -1.35. The van der Waals surface area contributed by atoms with Crippen molar-refractivity contribution in [2.75, 3.05) is 0 Å². The highest BCUT2D eigenvalue weighted by molar-refractivity contribution is 6.78. The molecule has 0 radical (unpaired) electrons. The van der Waals surface area contributed by atoms with E-state index in [1.165, 1.54) is 33.5 Å². The van der Waals surface area contributed by atoms with E-state index in [0.717, 1.165) is 34.2 Å². The fourth-order valence-corrected chi connectivity index (χ4v) is 10.1. The van der Waals surface area contributed by atoms with Crippen LogP contribution in [0.15, 0.2) is 101 Å². The van der Waals surface area contributed by atoms with Crippen molar-refractivity contribution in [2.45, 2.75) is 103 Å². The molecule has 252 valence electrons. The Morgan fingerprint density at radius 2 is 1.69 bits per heavy atom. The first kappa shape index (κ1) is 33.4. The standard InChI is InChI=1S/C44H52N3OSi/c1-11-30(49(8,9)10)17-21-38-31-15-13-14-16-32(31)40(36(12-2)45-38)42-35-19-18-33-34-20-22-37(27(5)6)46-44(34)48-43(33)41(35)39-25-29(23-24-47(39)42)28(7)26(3)4/h12-28,30,36,40,42H,2,11H2,1,3-10H3/q+1/b21-17-. The Balaban J connectivity index is 1.44. The van der Waals surface area contributed by atoms with Gasteiger partial charge in [-0.1, -0.05) is 110 Å². The Morgan fingerprint density at radius 1 is 0.939 bits per heavy atom. The van der Waals surface area contributed by atoms with E-state index in [-0.39, 0.29) is 18.0 Å². The molecule has 5 atom stereocenters. The molecule has 2 aliphatic heterocycles. The third kappa shape index (κ3) is 5.64. The summed E-state index contributed by atoms with van der Waals surface area (Å²) in [5, 5.41) is 2.19. The van der Waals surface area contributed by atoms with Crippen molar-refractivity contribution < 1.29 is 8.98 Å². The Morgan fingerprint density at radius 3 is 2.39 bits per heavy atom. The molecular weight excluding hydrogens is 615 g/mol. The van der Waals surface area contributed by atoms with Crippen LogP contribution in [0.3, 0.4) is 0 Å². The van der Waals surface area contributed by atoms with E-state index in [2.05, 4.69) is 157 Å². The van der Waals surface area contributed by atoms with Crippen LogP contribution in [-0.4, -0.2) is 24.8 Å². The van der Waals surface area contributed by atoms with Crippen molar-refractivity contribution in [2.24, 2.45) is 10.9 Å². The number of hydrogen-bond acceptors (Lipinski definition) is 3. The van der Waals surface area contributed by atoms with Crippen LogP contribution in [-0.2, 0) is 0 Å². The van der Waals surface area contributed by atoms with Crippen molar-refractivity contribution in [3.05, 3.63) is 120 Å². The third-order valence-corrected chi connectivity index (χ3v) is 14.3. The van der Waals surface area contributed by atoms with Crippen LogP contribution in [0.25, 0.3) is 33.3 Å². The number of aromatic nitrogens is 2. The Hall–Kier alpha value is -4.09. The lowest BCUT2D eigenvalue weighted by molar-refractivity contribution is -0.701. The smallest absolute Gasteiger partial charge is 0.227 e. The van der Waals surface area contributed by atoms with Crippen molar-refractivity contribution in [1.29, 1.82) is 0 Å². The van der Waals surface area contributed by atoms with Crippen molar-refractivity contribution in [3.63, 3.8) is 0 Å². The maximum atomic E-state index is 6.78. The van der Waals surface area contributed by atoms with Gasteiger partial charge >= 0.3 is 0 Å². The van der Waals surface area contributed by atoms with Crippen molar-refractivity contribution in [3.8, 4) is 11.3 Å². The number of benzene rings is 2. The molecule has 0 fully saturated rings. The summed E-state index contributed by atoms with van der Waals surface area (Å²) in [4.78, 5) is 10.5. The van der Waals surface area contributed by atoms with Crippen LogP contribution in [0, 0.1) is 5.92 Å². The van der Waals surface area contributed by atoms with Gasteiger partial charge in [0.2, 0.25) is 11.4 Å². The molecule has 3 aromatic heterocycles. The number of furan rings is 1. The maximum Gasteiger partial charge on any atom is 0.227 e. The molecule has 7 rings (SSSR count). The van der Waals surface area contributed by atoms with Gasteiger partial charge in [0.25, 0.3) is 0 Å². The van der Waals surface area contributed by atoms with Gasteiger partial charge in [0, 0.05) is 39.7 Å². The lowest BCUT2D eigenvalue weighted by Gasteiger charge is -2.32. The second-order valence-electron chi connectivity index (χ2n) is 16.1. The molecule has 2 aliphatic rings. The monoisotopic (exact) mass is 666 g/mol. The first-order valence-electron chi connectivity index (χ1n) is 18.3. The normalized spacial score (nSPS) is 20.1. The molecule has 0 saturated heterocycles. The lowest BCUT2D eigenvalue weighted by atomic mass is 9.77. The van der Waals surface area contributed by atoms with Gasteiger partial charge in [-0.2, -0.15) is 4.57 Å². The first-order chi connectivity index (χ1) is 23.4. The Bertz CT molecular complexity index is 2130. The molecule has 49 heavy (non-hydrogen) atoms. The SMILES string of the molecule is C=CC1N=C(/C=C\C(CC)[Si](C)(C)C)c2ccccc2C1C1c2ccc3c(oc4nc(C(C)C)ccc43)c2-c2cc(C(C)C(C)C)cc[n+]21. The highest BCUT2D eigenvalue weighted by atomic mass is 28.3. The average molecular weight is 667 g/mol. The van der Waals surface area contributed by atoms with Crippen LogP contribution in [0.5, 0.6) is 0 Å². The third-order valence-electron chi connectivity index (χ3n) is 11.4. The zero-order valence-corrected chi connectivity index (χ0v) is 31.8. The molecule has 0 aliphatic carbocycles. The predicted octanol–water partition coefficient (Wildman–Crippen LogP) is 11.5. The molecule has 2 aromatic carbocycles. The summed E-state index contributed by atoms with van der Waals surface area (Å²) in [5.74, 6) is 1.35. The van der Waals surface area contributed by atoms with Gasteiger partial charge < -0.3 is 4.42 Å². The summed E-state index contributed by atoms with van der Waals surface area (Å²) in [7, 11) is -1.35. The lowest BCUT2D eigenvalue weighted by Crippen LogP contribution is -2.45. The molecule has 0 N–H and O–H groups in total. The second kappa shape index (κ2) is 12.7. The highest BCUT2D eigenvalue weighted by Gasteiger charge is 2.48. The molecular formula is C44H52N3OSi+. The number of fused-ring (bicyclic) bond motifs is 8. The molecule has 5 heteroatoms. The van der Waals surface area contributed by atoms with E-state index >= 15 is 0 Å². The van der Waals surface area contributed by atoms with E-state index in [4.69, 9.17) is 14.4 Å². The van der Waals surface area contributed by atoms with Crippen molar-refractivity contribution >= 4 is 35.9 Å². The van der Waals surface area contributed by atoms with Gasteiger partial charge in [-0.15, -0.1) is 6.58 Å². The zero-order chi connectivity index (χ0) is 34.8. The van der Waals surface area contributed by atoms with E-state index in [0.29, 0.717) is 29.0 Å². The average Bonchev–Trinajstić information content (AvgIpc) is 3.61. The Kier molecular flexibility index (Phi) is 8.63. The van der Waals surface area contributed by atoms with Crippen LogP contribution in [0.1, 0.15) is 99.7 Å². The van der Waals surface area contributed by atoms with Gasteiger partial charge in [-0.05, 0) is 58.7 Å². The summed E-state index contributed by atoms with van der Waals surface area (Å²) in [6.07, 6.45) is 10.3. The summed E-state index contributed by atoms with van der Waals surface area (Å²) in [6.45, 7) is 25.4. The fourth-order valence-electron chi connectivity index (χ4n) is 8.19. The zero-order valence-electron chi connectivity index (χ0n) is 30.8. The van der Waals surface area contributed by atoms with Crippen LogP contribution in [0.4, 0.5) is 0 Å². The molecule has 5 unspecified atom stereocenters. The van der Waals surface area contributed by atoms with Crippen molar-refractivity contribution in [1.82, 2.24) is 4.98 Å². The molecule has 4 nitrogen and oxygen atoms in total. The summed E-state index contributed by atoms with van der Waals surface area (Å²) in [5.41, 5.74) is 11.9. The summed E-state index contributed by atoms with van der Waals surface area (Å²) < 4.78 is 9.27. The number of pyridine rings is 2. The van der Waals surface area contributed by atoms with Crippen LogP contribution >= 0.6 is 0 Å². The molecule has 5 aromatic rings. The van der Waals surface area contributed by atoms with E-state index < -0.39 is 8.07 Å². The number of nitrogens with zero attached hydrogens (tertiary/aromatic N) is 3. The molecule has 0 amide bonds. The maximum absolute atomic E-state index is 6.78. The van der Waals surface area contributed by atoms with Crippen LogP contribution < -0.4 is 4.57 Å². The van der Waals surface area contributed by atoms with Crippen LogP contribution in [0.2, 0.25) is 25.2 Å². The summed E-state index contributed by atoms with van der Waals surface area (Å²) in [6, 6.07) is 22.5. The Labute approximate surface area is 293 Å². The molecule has 0 spiro atoms. The summed E-state index contributed by atoms with van der Waals surface area (Å²) >= 11 is 0. The second-order valence-corrected chi connectivity index (χ2v) is 21.5. The molecule has 0 saturated carbocycles. The minimum absolute atomic E-state index is 0.0222. The minimum Gasteiger partial charge on any atom is -0.437 e. The molecule has 5 heterocycles. The largest absolute Gasteiger partial charge is 0.437 e. The number of aliphatic imine (C=N–C) groups is 1. The number of rotatable bonds is 9. The highest BCUT2D eigenvalue weighted by Crippen LogP contribution is 2.50. The fraction of sp³-hybridized carbons (Fsp3) is 0.386. The van der Waals surface area contributed by atoms with E-state index in [9.17, 15) is 0 Å². The predicted molar refractivity (Wildman–Crippen MR) is 209 cm³/mol. The van der Waals surface area contributed by atoms with Gasteiger partial charge in [0.05, 0.1) is 31.3 Å². The first-order valence-corrected chi connectivity index (χ1v) is 21.9. The van der Waals surface area contributed by atoms with Gasteiger partial charge in [-0.3, -0.25) is 4.99 Å². The van der Waals surface area contributed by atoms with E-state index in [1.54, 1.807) is 0 Å². The quantitative estimate of drug-likeness (QED) is 0.0892. The van der Waals surface area contributed by atoms with Gasteiger partial charge in [-0.25, -0.2) is 4.98 Å². The van der Waals surface area contributed by atoms with E-state index in [1.807, 2.05) is 0 Å². The topological polar surface area (TPSA) is 42.3 Å². The molecule has 0 bridgehead atoms. The number of allylic oxidation sites excluding steroid dienone is 2. The van der Waals surface area contributed by atoms with Gasteiger partial charge in [0.15, 0.2) is 17.8 Å². The van der Waals surface area contributed by atoms with Gasteiger partial charge in [0.1, 0.15) is 0 Å². The number of hydrogen-bond donors (Lipinski definition) is 0.